The Hall–Kier alpha value is -3.72. The molecule has 0 radical (unpaired) electrons. The Bertz CT molecular complexity index is 1400. The van der Waals surface area contributed by atoms with Gasteiger partial charge in [0.25, 0.3) is 0 Å². The van der Waals surface area contributed by atoms with Crippen LogP contribution in [0.4, 0.5) is 10.6 Å². The van der Waals surface area contributed by atoms with Crippen LogP contribution < -0.4 is 10.1 Å². The van der Waals surface area contributed by atoms with Crippen molar-refractivity contribution in [2.45, 2.75) is 45.2 Å². The summed E-state index contributed by atoms with van der Waals surface area (Å²) in [5, 5.41) is 7.77. The van der Waals surface area contributed by atoms with Crippen molar-refractivity contribution in [3.63, 3.8) is 0 Å². The number of ether oxygens (including phenoxy) is 1. The van der Waals surface area contributed by atoms with Gasteiger partial charge in [-0.15, -0.1) is 0 Å². The summed E-state index contributed by atoms with van der Waals surface area (Å²) in [5.41, 5.74) is 3.79. The highest BCUT2D eigenvalue weighted by Gasteiger charge is 2.43. The standard InChI is InChI=1S/C24H24N6O3/c1-14-15-6-9-30(23(31)27-21-10-20(33-28-21)24(2)7-8-24)18(15)4-5-19(14)32-22-16-11-29(3)12-17(16)25-13-26-22/h4-6,9-10,13H,7-8,11-12H2,1-3H3,(H,27,28,31). The highest BCUT2D eigenvalue weighted by Crippen LogP contribution is 2.48. The zero-order valence-electron chi connectivity index (χ0n) is 18.8. The predicted molar refractivity (Wildman–Crippen MR) is 121 cm³/mol. The fourth-order valence-electron chi connectivity index (χ4n) is 4.35. The van der Waals surface area contributed by atoms with Crippen molar-refractivity contribution in [3.8, 4) is 11.6 Å². The monoisotopic (exact) mass is 444 g/mol. The summed E-state index contributed by atoms with van der Waals surface area (Å²) >= 11 is 0. The quantitative estimate of drug-likeness (QED) is 0.491. The van der Waals surface area contributed by atoms with E-state index in [-0.39, 0.29) is 11.4 Å². The van der Waals surface area contributed by atoms with E-state index in [1.807, 2.05) is 38.2 Å². The van der Waals surface area contributed by atoms with Crippen LogP contribution in [0.2, 0.25) is 0 Å². The molecule has 6 rings (SSSR count). The molecule has 0 bridgehead atoms. The second-order valence-corrected chi connectivity index (χ2v) is 9.25. The normalized spacial score (nSPS) is 16.7. The molecular weight excluding hydrogens is 420 g/mol. The summed E-state index contributed by atoms with van der Waals surface area (Å²) in [7, 11) is 2.04. The highest BCUT2D eigenvalue weighted by atomic mass is 16.5. The van der Waals surface area contributed by atoms with Crippen LogP contribution in [0.1, 0.15) is 42.3 Å². The van der Waals surface area contributed by atoms with Crippen molar-refractivity contribution in [2.75, 3.05) is 12.4 Å². The predicted octanol–water partition coefficient (Wildman–Crippen LogP) is 4.60. The van der Waals surface area contributed by atoms with E-state index in [1.54, 1.807) is 17.1 Å². The molecule has 9 heteroatoms. The highest BCUT2D eigenvalue weighted by molar-refractivity contribution is 5.99. The Labute approximate surface area is 190 Å². The van der Waals surface area contributed by atoms with Gasteiger partial charge in [0, 0.05) is 41.7 Å². The molecule has 9 nitrogen and oxygen atoms in total. The van der Waals surface area contributed by atoms with Crippen molar-refractivity contribution in [2.24, 2.45) is 0 Å². The lowest BCUT2D eigenvalue weighted by molar-refractivity contribution is 0.254. The summed E-state index contributed by atoms with van der Waals surface area (Å²) in [4.78, 5) is 23.8. The van der Waals surface area contributed by atoms with Crippen molar-refractivity contribution in [1.29, 1.82) is 0 Å². The topological polar surface area (TPSA) is 98.3 Å². The summed E-state index contributed by atoms with van der Waals surface area (Å²) < 4.78 is 13.2. The van der Waals surface area contributed by atoms with Gasteiger partial charge in [0.05, 0.1) is 16.8 Å². The van der Waals surface area contributed by atoms with Crippen LogP contribution in [0.3, 0.4) is 0 Å². The van der Waals surface area contributed by atoms with Gasteiger partial charge in [-0.3, -0.25) is 14.8 Å². The number of fused-ring (bicyclic) bond motifs is 2. The van der Waals surface area contributed by atoms with Crippen LogP contribution in [0.25, 0.3) is 10.9 Å². The molecule has 2 aliphatic rings. The van der Waals surface area contributed by atoms with Gasteiger partial charge in [-0.05, 0) is 45.0 Å². The van der Waals surface area contributed by atoms with E-state index in [0.29, 0.717) is 17.4 Å². The minimum Gasteiger partial charge on any atom is -0.438 e. The molecule has 3 aromatic heterocycles. The molecule has 0 saturated heterocycles. The number of nitrogens with one attached hydrogen (secondary N) is 1. The van der Waals surface area contributed by atoms with Gasteiger partial charge in [0.15, 0.2) is 5.82 Å². The minimum atomic E-state index is -0.296. The fourth-order valence-corrected chi connectivity index (χ4v) is 4.35. The largest absolute Gasteiger partial charge is 0.438 e. The summed E-state index contributed by atoms with van der Waals surface area (Å²) in [5.74, 6) is 2.52. The molecule has 168 valence electrons. The van der Waals surface area contributed by atoms with E-state index in [9.17, 15) is 4.79 Å². The van der Waals surface area contributed by atoms with E-state index in [4.69, 9.17) is 9.26 Å². The molecule has 33 heavy (non-hydrogen) atoms. The van der Waals surface area contributed by atoms with E-state index < -0.39 is 0 Å². The Morgan fingerprint density at radius 2 is 2.06 bits per heavy atom. The number of hydrogen-bond acceptors (Lipinski definition) is 7. The smallest absolute Gasteiger partial charge is 0.331 e. The number of amides is 1. The minimum absolute atomic E-state index is 0.0584. The summed E-state index contributed by atoms with van der Waals surface area (Å²) in [6.45, 7) is 5.66. The van der Waals surface area contributed by atoms with Gasteiger partial charge < -0.3 is 9.26 Å². The lowest BCUT2D eigenvalue weighted by Crippen LogP contribution is -2.18. The number of carbonyl (C=O) groups excluding carboxylic acids is 1. The SMILES string of the molecule is Cc1c(Oc2ncnc3c2CN(C)C3)ccc2c1ccn2C(=O)Nc1cc(C2(C)CC2)on1. The number of aryl methyl sites for hydroxylation is 1. The van der Waals surface area contributed by atoms with Crippen molar-refractivity contribution in [1.82, 2.24) is 24.6 Å². The first kappa shape index (κ1) is 19.9. The number of anilines is 1. The number of rotatable bonds is 4. The van der Waals surface area contributed by atoms with Gasteiger partial charge in [-0.25, -0.2) is 14.8 Å². The molecule has 0 atom stereocenters. The fraction of sp³-hybridized carbons (Fsp3) is 0.333. The Balaban J connectivity index is 1.26. The first-order valence-corrected chi connectivity index (χ1v) is 11.0. The second-order valence-electron chi connectivity index (χ2n) is 9.25. The number of carbonyl (C=O) groups is 1. The molecule has 1 aromatic carbocycles. The van der Waals surface area contributed by atoms with Gasteiger partial charge >= 0.3 is 6.03 Å². The van der Waals surface area contributed by atoms with Crippen LogP contribution in [0.5, 0.6) is 11.6 Å². The lowest BCUT2D eigenvalue weighted by atomic mass is 10.1. The molecule has 1 amide bonds. The van der Waals surface area contributed by atoms with Crippen molar-refractivity contribution in [3.05, 3.63) is 59.4 Å². The number of hydrogen-bond donors (Lipinski definition) is 1. The maximum atomic E-state index is 12.9. The number of aromatic nitrogens is 4. The first-order chi connectivity index (χ1) is 15.9. The molecule has 4 heterocycles. The molecule has 1 aliphatic heterocycles. The molecule has 0 spiro atoms. The van der Waals surface area contributed by atoms with Gasteiger partial charge in [-0.2, -0.15) is 0 Å². The number of nitrogens with zero attached hydrogens (tertiary/aromatic N) is 5. The van der Waals surface area contributed by atoms with Crippen molar-refractivity contribution < 1.29 is 14.1 Å². The molecule has 4 aromatic rings. The Morgan fingerprint density at radius 3 is 2.88 bits per heavy atom. The van der Waals surface area contributed by atoms with E-state index >= 15 is 0 Å². The zero-order chi connectivity index (χ0) is 22.7. The summed E-state index contributed by atoms with van der Waals surface area (Å²) in [6, 6.07) is 7.18. The zero-order valence-corrected chi connectivity index (χ0v) is 18.8. The van der Waals surface area contributed by atoms with Crippen LogP contribution in [0, 0.1) is 6.92 Å². The average Bonchev–Trinajstić information content (AvgIpc) is 3.17. The van der Waals surface area contributed by atoms with Gasteiger partial charge in [0.1, 0.15) is 17.8 Å². The average molecular weight is 444 g/mol. The summed E-state index contributed by atoms with van der Waals surface area (Å²) in [6.07, 6.45) is 5.45. The van der Waals surface area contributed by atoms with Crippen LogP contribution in [-0.2, 0) is 18.5 Å². The van der Waals surface area contributed by atoms with Crippen LogP contribution >= 0.6 is 0 Å². The maximum absolute atomic E-state index is 12.9. The third kappa shape index (κ3) is 3.36. The maximum Gasteiger partial charge on any atom is 0.331 e. The van der Waals surface area contributed by atoms with E-state index in [0.717, 1.165) is 59.4 Å². The third-order valence-electron chi connectivity index (χ3n) is 6.70. The van der Waals surface area contributed by atoms with Crippen molar-refractivity contribution >= 4 is 22.8 Å². The Kier molecular flexibility index (Phi) is 4.31. The molecule has 1 N–H and O–H groups in total. The lowest BCUT2D eigenvalue weighted by Gasteiger charge is -2.12. The Morgan fingerprint density at radius 1 is 1.21 bits per heavy atom. The third-order valence-corrected chi connectivity index (χ3v) is 6.70. The van der Waals surface area contributed by atoms with Gasteiger partial charge in [-0.1, -0.05) is 12.1 Å². The molecule has 1 saturated carbocycles. The molecule has 0 unspecified atom stereocenters. The van der Waals surface area contributed by atoms with Crippen LogP contribution in [0.15, 0.2) is 41.3 Å². The van der Waals surface area contributed by atoms with E-state index in [2.05, 4.69) is 32.3 Å². The van der Waals surface area contributed by atoms with Gasteiger partial charge in [0.2, 0.25) is 5.88 Å². The second kappa shape index (κ2) is 7.14. The molecule has 1 fully saturated rings. The first-order valence-electron chi connectivity index (χ1n) is 11.0. The van der Waals surface area contributed by atoms with Crippen LogP contribution in [-0.4, -0.2) is 37.7 Å². The number of benzene rings is 1. The van der Waals surface area contributed by atoms with E-state index in [1.165, 1.54) is 0 Å². The molecule has 1 aliphatic carbocycles. The molecular formula is C24H24N6O3.